The maximum absolute atomic E-state index is 5.91. The van der Waals surface area contributed by atoms with Gasteiger partial charge in [0.15, 0.2) is 0 Å². The van der Waals surface area contributed by atoms with Crippen LogP contribution in [0.5, 0.6) is 10.9 Å². The molecule has 2 nitrogen and oxygen atoms in total. The highest BCUT2D eigenvalue weighted by Gasteiger charge is 2.07. The maximum atomic E-state index is 5.91. The lowest BCUT2D eigenvalue weighted by Gasteiger charge is -2.03. The molecule has 1 aromatic carbocycles. The fourth-order valence-corrected chi connectivity index (χ4v) is 2.05. The molecule has 0 unspecified atom stereocenters. The van der Waals surface area contributed by atoms with Crippen molar-refractivity contribution in [1.29, 1.82) is 0 Å². The Labute approximate surface area is 105 Å². The Hall–Kier alpha value is -0.480. The minimum atomic E-state index is 0.396. The molecule has 2 rings (SSSR count). The van der Waals surface area contributed by atoms with Gasteiger partial charge in [-0.1, -0.05) is 46.1 Å². The van der Waals surface area contributed by atoms with Crippen molar-refractivity contribution in [3.63, 3.8) is 0 Å². The van der Waals surface area contributed by atoms with Gasteiger partial charge in [0.2, 0.25) is 0 Å². The molecule has 0 bridgehead atoms. The Morgan fingerprint density at radius 2 is 2.00 bits per heavy atom. The van der Waals surface area contributed by atoms with Crippen molar-refractivity contribution in [2.24, 2.45) is 0 Å². The van der Waals surface area contributed by atoms with E-state index in [1.54, 1.807) is 23.6 Å². The number of hydrogen-bond acceptors (Lipinski definition) is 3. The Bertz CT molecular complexity index is 486. The Morgan fingerprint density at radius 1 is 1.20 bits per heavy atom. The van der Waals surface area contributed by atoms with Crippen LogP contribution in [0, 0.1) is 0 Å². The van der Waals surface area contributed by atoms with Crippen LogP contribution in [-0.2, 0) is 0 Å². The van der Waals surface area contributed by atoms with E-state index in [-0.39, 0.29) is 0 Å². The van der Waals surface area contributed by atoms with Gasteiger partial charge in [0.1, 0.15) is 10.9 Å². The summed E-state index contributed by atoms with van der Waals surface area (Å²) in [7, 11) is 0. The van der Waals surface area contributed by atoms with Crippen LogP contribution in [0.15, 0.2) is 23.6 Å². The van der Waals surface area contributed by atoms with Gasteiger partial charge in [0.05, 0.1) is 5.02 Å². The summed E-state index contributed by atoms with van der Waals surface area (Å²) < 4.78 is 5.42. The van der Waals surface area contributed by atoms with Gasteiger partial charge in [-0.3, -0.25) is 0 Å². The lowest BCUT2D eigenvalue weighted by atomic mass is 10.3. The van der Waals surface area contributed by atoms with Gasteiger partial charge in [-0.05, 0) is 12.1 Å². The number of aromatic nitrogens is 1. The Balaban J connectivity index is 2.27. The third-order valence-electron chi connectivity index (χ3n) is 1.55. The highest BCUT2D eigenvalue weighted by atomic mass is 35.5. The largest absolute Gasteiger partial charge is 0.429 e. The molecule has 0 fully saturated rings. The highest BCUT2D eigenvalue weighted by Crippen LogP contribution is 2.33. The van der Waals surface area contributed by atoms with Crippen LogP contribution in [0.4, 0.5) is 0 Å². The van der Waals surface area contributed by atoms with Crippen LogP contribution in [0.25, 0.3) is 0 Å². The first-order valence-corrected chi connectivity index (χ1v) is 5.90. The van der Waals surface area contributed by atoms with E-state index in [1.165, 1.54) is 11.3 Å². The summed E-state index contributed by atoms with van der Waals surface area (Å²) in [6.07, 6.45) is 0. The molecule has 0 aliphatic rings. The number of benzene rings is 1. The van der Waals surface area contributed by atoms with Crippen molar-refractivity contribution in [3.8, 4) is 10.9 Å². The van der Waals surface area contributed by atoms with Crippen LogP contribution in [0.3, 0.4) is 0 Å². The second-order valence-electron chi connectivity index (χ2n) is 2.61. The van der Waals surface area contributed by atoms with E-state index < -0.39 is 0 Å². The van der Waals surface area contributed by atoms with Crippen molar-refractivity contribution < 1.29 is 4.74 Å². The van der Waals surface area contributed by atoms with Crippen LogP contribution >= 0.6 is 46.1 Å². The van der Waals surface area contributed by atoms with Crippen LogP contribution < -0.4 is 4.74 Å². The number of rotatable bonds is 2. The molecule has 15 heavy (non-hydrogen) atoms. The van der Waals surface area contributed by atoms with Crippen LogP contribution in [0.2, 0.25) is 15.2 Å². The van der Waals surface area contributed by atoms with Gasteiger partial charge in [-0.25, -0.2) is 0 Å². The van der Waals surface area contributed by atoms with E-state index in [4.69, 9.17) is 39.5 Å². The summed E-state index contributed by atoms with van der Waals surface area (Å²) in [5, 5.41) is 3.54. The molecule has 1 aromatic heterocycles. The van der Waals surface area contributed by atoms with E-state index in [0.29, 0.717) is 26.1 Å². The predicted octanol–water partition coefficient (Wildman–Crippen LogP) is 4.90. The second kappa shape index (κ2) is 4.58. The zero-order valence-corrected chi connectivity index (χ0v) is 10.3. The third-order valence-corrected chi connectivity index (χ3v) is 3.13. The molecule has 0 N–H and O–H groups in total. The van der Waals surface area contributed by atoms with Crippen molar-refractivity contribution in [3.05, 3.63) is 38.8 Å². The number of thiazole rings is 1. The summed E-state index contributed by atoms with van der Waals surface area (Å²) in [5.41, 5.74) is 0. The normalized spacial score (nSPS) is 10.3. The molecular formula is C9H4Cl3NOS. The van der Waals surface area contributed by atoms with Crippen molar-refractivity contribution >= 4 is 46.1 Å². The molecule has 0 aliphatic heterocycles. The van der Waals surface area contributed by atoms with E-state index in [9.17, 15) is 0 Å². The number of nitrogens with zero attached hydrogens (tertiary/aromatic N) is 1. The number of halogens is 3. The summed E-state index contributed by atoms with van der Waals surface area (Å²) in [6.45, 7) is 0. The van der Waals surface area contributed by atoms with Gasteiger partial charge in [0.25, 0.3) is 5.19 Å². The van der Waals surface area contributed by atoms with Gasteiger partial charge in [-0.15, -0.1) is 0 Å². The Kier molecular flexibility index (Phi) is 3.36. The van der Waals surface area contributed by atoms with Crippen molar-refractivity contribution in [1.82, 2.24) is 4.98 Å². The average molecular weight is 281 g/mol. The van der Waals surface area contributed by atoms with Crippen LogP contribution in [-0.4, -0.2) is 4.98 Å². The minimum absolute atomic E-state index is 0.396. The summed E-state index contributed by atoms with van der Waals surface area (Å²) in [4.78, 5) is 3.94. The number of ether oxygens (including phenoxy) is 1. The lowest BCUT2D eigenvalue weighted by molar-refractivity contribution is 0.479. The van der Waals surface area contributed by atoms with E-state index >= 15 is 0 Å². The molecule has 0 saturated heterocycles. The van der Waals surface area contributed by atoms with Gasteiger partial charge >= 0.3 is 0 Å². The molecule has 0 radical (unpaired) electrons. The van der Waals surface area contributed by atoms with E-state index in [2.05, 4.69) is 4.98 Å². The smallest absolute Gasteiger partial charge is 0.280 e. The predicted molar refractivity (Wildman–Crippen MR) is 63.7 cm³/mol. The molecular weight excluding hydrogens is 277 g/mol. The lowest BCUT2D eigenvalue weighted by Crippen LogP contribution is -1.84. The topological polar surface area (TPSA) is 22.1 Å². The molecule has 0 atom stereocenters. The highest BCUT2D eigenvalue weighted by molar-refractivity contribution is 7.11. The monoisotopic (exact) mass is 279 g/mol. The fraction of sp³-hybridized carbons (Fsp3) is 0. The molecule has 0 amide bonds. The maximum Gasteiger partial charge on any atom is 0.280 e. The molecule has 6 heteroatoms. The number of hydrogen-bond donors (Lipinski definition) is 0. The standard InChI is InChI=1S/C9H4Cl3NOS/c10-5-1-2-6(11)7(3-5)14-9-13-8(12)4-15-9/h1-4H. The fourth-order valence-electron chi connectivity index (χ4n) is 0.935. The van der Waals surface area contributed by atoms with Crippen LogP contribution in [0.1, 0.15) is 0 Å². The minimum Gasteiger partial charge on any atom is -0.429 e. The van der Waals surface area contributed by atoms with Gasteiger partial charge in [0, 0.05) is 16.5 Å². The molecule has 0 saturated carbocycles. The van der Waals surface area contributed by atoms with Crippen molar-refractivity contribution in [2.75, 3.05) is 0 Å². The quantitative estimate of drug-likeness (QED) is 0.781. The first-order chi connectivity index (χ1) is 7.15. The Morgan fingerprint density at radius 3 is 2.67 bits per heavy atom. The van der Waals surface area contributed by atoms with Gasteiger partial charge in [-0.2, -0.15) is 4.98 Å². The summed E-state index contributed by atoms with van der Waals surface area (Å²) in [5.74, 6) is 0.468. The van der Waals surface area contributed by atoms with Gasteiger partial charge < -0.3 is 4.74 Å². The zero-order chi connectivity index (χ0) is 10.8. The average Bonchev–Trinajstić information content (AvgIpc) is 2.58. The molecule has 0 aliphatic carbocycles. The first kappa shape index (κ1) is 11.0. The summed E-state index contributed by atoms with van der Waals surface area (Å²) >= 11 is 18.7. The van der Waals surface area contributed by atoms with Crippen molar-refractivity contribution in [2.45, 2.75) is 0 Å². The molecule has 1 heterocycles. The van der Waals surface area contributed by atoms with E-state index in [0.717, 1.165) is 0 Å². The molecule has 2 aromatic rings. The second-order valence-corrected chi connectivity index (χ2v) is 4.66. The van der Waals surface area contributed by atoms with E-state index in [1.807, 2.05) is 0 Å². The SMILES string of the molecule is Clc1ccc(Cl)c(Oc2nc(Cl)cs2)c1. The summed E-state index contributed by atoms with van der Waals surface area (Å²) in [6, 6.07) is 4.97. The third kappa shape index (κ3) is 2.75. The first-order valence-electron chi connectivity index (χ1n) is 3.89. The molecule has 0 spiro atoms. The zero-order valence-electron chi connectivity index (χ0n) is 7.21. The molecule has 78 valence electrons.